The Hall–Kier alpha value is -11.7. The van der Waals surface area contributed by atoms with Crippen LogP contribution in [0.2, 0.25) is 0 Å². The van der Waals surface area contributed by atoms with Crippen LogP contribution in [0.5, 0.6) is 0 Å². The molecule has 4 aliphatic carbocycles. The molecule has 452 valence electrons. The summed E-state index contributed by atoms with van der Waals surface area (Å²) in [6.45, 7) is 0. The van der Waals surface area contributed by atoms with Crippen molar-refractivity contribution in [2.24, 2.45) is 5.92 Å². The number of hydrogen-bond donors (Lipinski definition) is 0. The fourth-order valence-corrected chi connectivity index (χ4v) is 21.3. The largest absolute Gasteiger partial charge is 0.309 e. The van der Waals surface area contributed by atoms with Crippen LogP contribution in [-0.2, 0) is 0 Å². The summed E-state index contributed by atoms with van der Waals surface area (Å²) in [4.78, 5) is 5.15. The number of hydrogen-bond acceptors (Lipinski definition) is 3. The van der Waals surface area contributed by atoms with Crippen LogP contribution in [0.3, 0.4) is 0 Å². The molecule has 3 atom stereocenters. The fourth-order valence-electron chi connectivity index (χ4n) is 19.1. The summed E-state index contributed by atoms with van der Waals surface area (Å²) in [7, 11) is 0. The lowest BCUT2D eigenvalue weighted by atomic mass is 9.68. The first-order valence-corrected chi connectivity index (χ1v) is 35.9. The minimum absolute atomic E-state index is 0.0278. The van der Waals surface area contributed by atoms with Crippen LogP contribution in [0.1, 0.15) is 45.2 Å². The summed E-state index contributed by atoms with van der Waals surface area (Å²) in [6.07, 6.45) is 14.8. The van der Waals surface area contributed by atoms with Crippen LogP contribution in [0.25, 0.3) is 163 Å². The molecular weight excluding hydrogens is 1220 g/mol. The second kappa shape index (κ2) is 19.1. The highest BCUT2D eigenvalue weighted by Crippen LogP contribution is 2.62. The number of fused-ring (bicyclic) bond motifs is 16. The van der Waals surface area contributed by atoms with E-state index in [9.17, 15) is 0 Å². The van der Waals surface area contributed by atoms with Gasteiger partial charge >= 0.3 is 0 Å². The number of aromatic nitrogens is 2. The number of rotatable bonds is 4. The van der Waals surface area contributed by atoms with Crippen molar-refractivity contribution in [3.05, 3.63) is 330 Å². The third-order valence-electron chi connectivity index (χ3n) is 22.9. The Morgan fingerprint density at radius 1 is 0.347 bits per heavy atom. The van der Waals surface area contributed by atoms with Crippen molar-refractivity contribution in [1.82, 2.24) is 9.13 Å². The third kappa shape index (κ3) is 6.75. The Morgan fingerprint density at radius 2 is 0.990 bits per heavy atom. The van der Waals surface area contributed by atoms with Crippen molar-refractivity contribution < 1.29 is 0 Å². The van der Waals surface area contributed by atoms with Crippen molar-refractivity contribution in [1.29, 1.82) is 0 Å². The lowest BCUT2D eigenvalue weighted by molar-refractivity contribution is 0.663. The molecule has 0 saturated heterocycles. The topological polar surface area (TPSA) is 13.1 Å². The molecule has 0 saturated carbocycles. The van der Waals surface area contributed by atoms with Gasteiger partial charge in [0.05, 0.1) is 48.5 Å². The molecule has 0 amide bonds. The van der Waals surface area contributed by atoms with Crippen LogP contribution < -0.4 is 4.90 Å². The molecular formula is C93H53N3S2. The number of para-hydroxylation sites is 3. The molecule has 2 aromatic heterocycles. The summed E-state index contributed by atoms with van der Waals surface area (Å²) >= 11 is 3.82. The molecule has 0 spiro atoms. The van der Waals surface area contributed by atoms with Gasteiger partial charge in [0.1, 0.15) is 0 Å². The van der Waals surface area contributed by atoms with E-state index in [-0.39, 0.29) is 17.8 Å². The highest BCUT2D eigenvalue weighted by molar-refractivity contribution is 7.99. The summed E-state index contributed by atoms with van der Waals surface area (Å²) in [5.41, 5.74) is 22.9. The molecule has 5 aliphatic rings. The normalized spacial score (nSPS) is 16.7. The van der Waals surface area contributed by atoms with E-state index in [2.05, 4.69) is 317 Å². The van der Waals surface area contributed by atoms with Gasteiger partial charge in [-0.3, -0.25) is 0 Å². The Bertz CT molecular complexity index is 7020. The average Bonchev–Trinajstić information content (AvgIpc) is 1.43. The van der Waals surface area contributed by atoms with Gasteiger partial charge in [0.15, 0.2) is 0 Å². The zero-order valence-corrected chi connectivity index (χ0v) is 54.4. The average molecular weight is 1280 g/mol. The Kier molecular flexibility index (Phi) is 10.2. The van der Waals surface area contributed by atoms with Crippen molar-refractivity contribution in [2.75, 3.05) is 4.90 Å². The maximum atomic E-state index is 2.63. The molecule has 0 fully saturated rings. The smallest absolute Gasteiger partial charge is 0.0656 e. The molecule has 3 heterocycles. The number of allylic oxidation sites excluding steroid dienone is 6. The summed E-state index contributed by atoms with van der Waals surface area (Å²) < 4.78 is 7.67. The first-order valence-electron chi connectivity index (χ1n) is 34.2. The van der Waals surface area contributed by atoms with Gasteiger partial charge in [-0.1, -0.05) is 230 Å². The maximum absolute atomic E-state index is 2.63. The van der Waals surface area contributed by atoms with Crippen LogP contribution >= 0.6 is 23.1 Å². The van der Waals surface area contributed by atoms with E-state index in [1.54, 1.807) is 0 Å². The van der Waals surface area contributed by atoms with Crippen molar-refractivity contribution in [2.45, 2.75) is 21.6 Å². The second-order valence-electron chi connectivity index (χ2n) is 27.6. The first-order chi connectivity index (χ1) is 48.6. The number of anilines is 3. The van der Waals surface area contributed by atoms with Crippen molar-refractivity contribution in [3.63, 3.8) is 0 Å². The van der Waals surface area contributed by atoms with E-state index in [1.807, 2.05) is 23.1 Å². The predicted molar refractivity (Wildman–Crippen MR) is 418 cm³/mol. The van der Waals surface area contributed by atoms with Gasteiger partial charge in [-0.2, -0.15) is 0 Å². The fraction of sp³-hybridized carbons (Fsp3) is 0.0323. The lowest BCUT2D eigenvalue weighted by Crippen LogP contribution is -2.25. The minimum atomic E-state index is 0.0278. The Balaban J connectivity index is 0.719. The van der Waals surface area contributed by atoms with Crippen LogP contribution in [-0.4, -0.2) is 9.13 Å². The van der Waals surface area contributed by atoms with Gasteiger partial charge in [-0.25, -0.2) is 0 Å². The van der Waals surface area contributed by atoms with E-state index in [0.29, 0.717) is 0 Å². The Morgan fingerprint density at radius 3 is 1.77 bits per heavy atom. The standard InChI is InChI=1S/C93H53N3S2/c1-3-17-51(18-4-1)87-69-46-78-83(48-70(69)92-65-31-15-29-59-57-25-11-19-52-21-13-27-61(85(52)57)67(90(59)65)45-72(87)92)97-81-35-9-7-33-75(81)95(78)73-43-39-54-38-42-64-74(44-40-55-37-41-63(73)88(54)89(55)64)96-76-34-8-10-36-82(76)98-84-49-71-77(50-79(84)96)94(56-23-5-2-6-24-56)80-47-68-62-28-14-22-53-20-12-26-58(86(53)62)60-30-16-32-66(91(60)68)93(71)80/h1-50,55,87,89H. The van der Waals surface area contributed by atoms with Gasteiger partial charge in [0, 0.05) is 55.3 Å². The first kappa shape index (κ1) is 52.5. The zero-order chi connectivity index (χ0) is 63.3. The lowest BCUT2D eigenvalue weighted by Gasteiger charge is -2.40. The predicted octanol–water partition coefficient (Wildman–Crippen LogP) is 25.9. The van der Waals surface area contributed by atoms with Gasteiger partial charge in [-0.05, 0) is 216 Å². The number of benzene rings is 17. The van der Waals surface area contributed by atoms with Crippen LogP contribution in [0.15, 0.2) is 307 Å². The maximum Gasteiger partial charge on any atom is 0.0656 e. The van der Waals surface area contributed by atoms with Crippen molar-refractivity contribution in [3.8, 4) is 16.8 Å². The monoisotopic (exact) mass is 1280 g/mol. The van der Waals surface area contributed by atoms with Gasteiger partial charge in [0.2, 0.25) is 0 Å². The summed E-state index contributed by atoms with van der Waals surface area (Å²) in [5, 5.41) is 23.6. The molecule has 0 bridgehead atoms. The number of nitrogens with zero attached hydrogens (tertiary/aromatic N) is 3. The molecule has 0 N–H and O–H groups in total. The van der Waals surface area contributed by atoms with E-state index < -0.39 is 0 Å². The Labute approximate surface area is 571 Å². The molecule has 0 radical (unpaired) electrons. The van der Waals surface area contributed by atoms with E-state index in [1.165, 1.54) is 211 Å². The molecule has 24 rings (SSSR count). The van der Waals surface area contributed by atoms with E-state index in [4.69, 9.17) is 0 Å². The second-order valence-corrected chi connectivity index (χ2v) is 29.8. The van der Waals surface area contributed by atoms with E-state index >= 15 is 0 Å². The van der Waals surface area contributed by atoms with Crippen LogP contribution in [0, 0.1) is 5.92 Å². The highest BCUT2D eigenvalue weighted by Gasteiger charge is 2.41. The van der Waals surface area contributed by atoms with Crippen LogP contribution in [0.4, 0.5) is 17.1 Å². The molecule has 3 unspecified atom stereocenters. The SMILES string of the molecule is C1=Cc2ccc(N3c4ccccc4Sc4cc5c(cc43)C(c3ccccc3)c3cc4c6cccc7cccc(c8cccc(c3-5)c84)c76)c3c2C2C1=C(n1c4ccccc4sc4cc5c6c7cccc8c9cccc%10cccc(c(cc6n(-c6ccccc6)c5cc41)c87)c%109)C=CC2C=C3. The summed E-state index contributed by atoms with van der Waals surface area (Å²) in [6, 6.07) is 102. The van der Waals surface area contributed by atoms with Crippen molar-refractivity contribution >= 4 is 186 Å². The molecule has 17 aromatic carbocycles. The quantitative estimate of drug-likeness (QED) is 0.129. The highest BCUT2D eigenvalue weighted by atomic mass is 32.2. The van der Waals surface area contributed by atoms with E-state index in [0.717, 1.165) is 5.69 Å². The van der Waals surface area contributed by atoms with Gasteiger partial charge in [-0.15, -0.1) is 11.3 Å². The van der Waals surface area contributed by atoms with Gasteiger partial charge < -0.3 is 14.0 Å². The van der Waals surface area contributed by atoms with Gasteiger partial charge in [0.25, 0.3) is 0 Å². The molecule has 5 heteroatoms. The molecule has 19 aromatic rings. The summed E-state index contributed by atoms with van der Waals surface area (Å²) in [5.74, 6) is 0.282. The minimum Gasteiger partial charge on any atom is -0.309 e. The molecule has 98 heavy (non-hydrogen) atoms. The third-order valence-corrected chi connectivity index (χ3v) is 25.2. The molecule has 1 aliphatic heterocycles. The molecule has 3 nitrogen and oxygen atoms in total. The zero-order valence-electron chi connectivity index (χ0n) is 52.8.